The molecule has 1 heterocycles. The number of ether oxygens (including phenoxy) is 2. The molecule has 1 amide bonds. The van der Waals surface area contributed by atoms with Gasteiger partial charge in [-0.1, -0.05) is 12.1 Å². The van der Waals surface area contributed by atoms with Gasteiger partial charge < -0.3 is 19.5 Å². The summed E-state index contributed by atoms with van der Waals surface area (Å²) in [5.41, 5.74) is 4.21. The number of anilines is 2. The quantitative estimate of drug-likeness (QED) is 0.266. The van der Waals surface area contributed by atoms with Crippen molar-refractivity contribution in [2.45, 2.75) is 26.8 Å². The topological polar surface area (TPSA) is 79.3 Å². The van der Waals surface area contributed by atoms with Crippen molar-refractivity contribution < 1.29 is 24.2 Å². The maximum atomic E-state index is 13.5. The first kappa shape index (κ1) is 25.8. The first-order valence-electron chi connectivity index (χ1n) is 12.1. The number of rotatable bonds is 7. The van der Waals surface area contributed by atoms with Gasteiger partial charge in [0, 0.05) is 31.0 Å². The molecule has 0 aliphatic carbocycles. The first-order chi connectivity index (χ1) is 17.7. The predicted molar refractivity (Wildman–Crippen MR) is 146 cm³/mol. The Balaban J connectivity index is 1.95. The van der Waals surface area contributed by atoms with E-state index in [1.54, 1.807) is 19.2 Å². The summed E-state index contributed by atoms with van der Waals surface area (Å²) in [6.07, 6.45) is 0. The van der Waals surface area contributed by atoms with Crippen LogP contribution in [-0.4, -0.2) is 44.6 Å². The van der Waals surface area contributed by atoms with Crippen molar-refractivity contribution in [3.8, 4) is 11.5 Å². The smallest absolute Gasteiger partial charge is 0.300 e. The van der Waals surface area contributed by atoms with E-state index >= 15 is 0 Å². The van der Waals surface area contributed by atoms with Crippen LogP contribution < -0.4 is 19.3 Å². The molecule has 1 unspecified atom stereocenters. The van der Waals surface area contributed by atoms with Gasteiger partial charge in [0.05, 0.1) is 25.3 Å². The number of carbonyl (C=O) groups excluding carboxylic acids is 2. The zero-order valence-electron chi connectivity index (χ0n) is 22.0. The summed E-state index contributed by atoms with van der Waals surface area (Å²) in [6.45, 7) is 6.06. The molecule has 7 heteroatoms. The molecular formula is C30H32N2O5. The molecular weight excluding hydrogens is 468 g/mol. The van der Waals surface area contributed by atoms with Gasteiger partial charge in [0.2, 0.25) is 0 Å². The number of hydrogen-bond donors (Lipinski definition) is 1. The van der Waals surface area contributed by atoms with Gasteiger partial charge in [-0.2, -0.15) is 0 Å². The van der Waals surface area contributed by atoms with Crippen LogP contribution in [0.3, 0.4) is 0 Å². The van der Waals surface area contributed by atoms with Gasteiger partial charge in [-0.15, -0.1) is 0 Å². The Hall–Kier alpha value is -4.26. The van der Waals surface area contributed by atoms with Crippen LogP contribution in [0.2, 0.25) is 0 Å². The fourth-order valence-electron chi connectivity index (χ4n) is 4.68. The van der Waals surface area contributed by atoms with E-state index in [9.17, 15) is 14.7 Å². The maximum Gasteiger partial charge on any atom is 0.300 e. The Morgan fingerprint density at radius 3 is 2.32 bits per heavy atom. The number of benzene rings is 3. The Labute approximate surface area is 217 Å². The van der Waals surface area contributed by atoms with Crippen molar-refractivity contribution in [3.05, 3.63) is 88.5 Å². The third-order valence-electron chi connectivity index (χ3n) is 6.57. The summed E-state index contributed by atoms with van der Waals surface area (Å²) < 4.78 is 11.1. The second-order valence-corrected chi connectivity index (χ2v) is 9.22. The molecule has 0 saturated carbocycles. The van der Waals surface area contributed by atoms with Crippen LogP contribution in [-0.2, 0) is 9.59 Å². The maximum absolute atomic E-state index is 13.5. The minimum Gasteiger partial charge on any atom is -0.507 e. The lowest BCUT2D eigenvalue weighted by atomic mass is 9.93. The average molecular weight is 501 g/mol. The molecule has 7 nitrogen and oxygen atoms in total. The molecule has 0 radical (unpaired) electrons. The number of ketones is 1. The Morgan fingerprint density at radius 2 is 1.70 bits per heavy atom. The molecule has 3 aromatic rings. The number of aryl methyl sites for hydroxylation is 2. The molecule has 3 aromatic carbocycles. The number of aliphatic hydroxyl groups is 1. The fraction of sp³-hybridized carbons (Fsp3) is 0.267. The Kier molecular flexibility index (Phi) is 7.25. The minimum absolute atomic E-state index is 0.0306. The van der Waals surface area contributed by atoms with Gasteiger partial charge in [0.15, 0.2) is 0 Å². The molecule has 1 N–H and O–H groups in total. The molecule has 1 aliphatic heterocycles. The minimum atomic E-state index is -0.840. The zero-order chi connectivity index (χ0) is 26.9. The van der Waals surface area contributed by atoms with Crippen molar-refractivity contribution in [1.29, 1.82) is 0 Å². The lowest BCUT2D eigenvalue weighted by Crippen LogP contribution is -2.29. The number of carbonyl (C=O) groups is 2. The molecule has 0 aromatic heterocycles. The molecule has 1 atom stereocenters. The van der Waals surface area contributed by atoms with Crippen molar-refractivity contribution in [1.82, 2.24) is 0 Å². The molecule has 4 rings (SSSR count). The van der Waals surface area contributed by atoms with Crippen molar-refractivity contribution in [3.63, 3.8) is 0 Å². The molecule has 1 saturated heterocycles. The zero-order valence-corrected chi connectivity index (χ0v) is 22.0. The summed E-state index contributed by atoms with van der Waals surface area (Å²) in [5.74, 6) is -0.370. The molecule has 1 fully saturated rings. The van der Waals surface area contributed by atoms with Crippen molar-refractivity contribution >= 4 is 28.8 Å². The molecule has 0 bridgehead atoms. The highest BCUT2D eigenvalue weighted by Gasteiger charge is 2.47. The lowest BCUT2D eigenvalue weighted by Gasteiger charge is -2.26. The van der Waals surface area contributed by atoms with Crippen LogP contribution in [0.15, 0.2) is 66.2 Å². The van der Waals surface area contributed by atoms with Crippen LogP contribution in [0.4, 0.5) is 11.4 Å². The van der Waals surface area contributed by atoms with Crippen LogP contribution in [0.1, 0.15) is 35.2 Å². The normalized spacial score (nSPS) is 16.7. The second-order valence-electron chi connectivity index (χ2n) is 9.22. The Morgan fingerprint density at radius 1 is 1.00 bits per heavy atom. The first-order valence-corrected chi connectivity index (χ1v) is 12.1. The van der Waals surface area contributed by atoms with Gasteiger partial charge in [-0.3, -0.25) is 14.5 Å². The van der Waals surface area contributed by atoms with Crippen molar-refractivity contribution in [2.75, 3.05) is 37.6 Å². The third-order valence-corrected chi connectivity index (χ3v) is 6.57. The molecule has 1 aliphatic rings. The second kappa shape index (κ2) is 10.4. The number of Topliss-reactive ketones (excluding diaryl/α,β-unsaturated/α-hetero) is 1. The van der Waals surface area contributed by atoms with Crippen molar-refractivity contribution in [2.24, 2.45) is 0 Å². The molecule has 0 spiro atoms. The summed E-state index contributed by atoms with van der Waals surface area (Å²) in [5, 5.41) is 11.6. The van der Waals surface area contributed by atoms with Crippen LogP contribution in [0.25, 0.3) is 5.76 Å². The highest BCUT2D eigenvalue weighted by Crippen LogP contribution is 2.43. The summed E-state index contributed by atoms with van der Waals surface area (Å²) in [6, 6.07) is 17.4. The van der Waals surface area contributed by atoms with Gasteiger partial charge in [0.25, 0.3) is 11.7 Å². The predicted octanol–water partition coefficient (Wildman–Crippen LogP) is 5.40. The van der Waals surface area contributed by atoms with Gasteiger partial charge in [0.1, 0.15) is 17.3 Å². The summed E-state index contributed by atoms with van der Waals surface area (Å²) in [7, 11) is 5.44. The van der Waals surface area contributed by atoms with Gasteiger partial charge >= 0.3 is 0 Å². The number of amides is 1. The van der Waals surface area contributed by atoms with Crippen LogP contribution >= 0.6 is 0 Å². The van der Waals surface area contributed by atoms with E-state index < -0.39 is 17.7 Å². The van der Waals surface area contributed by atoms with Gasteiger partial charge in [-0.05, 0) is 86.0 Å². The van der Waals surface area contributed by atoms with E-state index in [0.717, 1.165) is 16.8 Å². The van der Waals surface area contributed by atoms with E-state index in [4.69, 9.17) is 9.47 Å². The monoisotopic (exact) mass is 500 g/mol. The third kappa shape index (κ3) is 4.77. The number of nitrogens with zero attached hydrogens (tertiary/aromatic N) is 2. The van der Waals surface area contributed by atoms with Crippen LogP contribution in [0, 0.1) is 13.8 Å². The Bertz CT molecular complexity index is 1380. The number of hydrogen-bond acceptors (Lipinski definition) is 6. The van der Waals surface area contributed by atoms with Gasteiger partial charge in [-0.25, -0.2) is 0 Å². The molecule has 192 valence electrons. The van der Waals surface area contributed by atoms with Crippen LogP contribution in [0.5, 0.6) is 11.5 Å². The summed E-state index contributed by atoms with van der Waals surface area (Å²) >= 11 is 0. The fourth-order valence-corrected chi connectivity index (χ4v) is 4.68. The SMILES string of the molecule is CCOc1cccc(C2/C(=C(\O)c3cc(C)c(OC)cc3C)C(=O)C(=O)N2c2ccc(N(C)C)cc2)c1. The largest absolute Gasteiger partial charge is 0.507 e. The van der Waals surface area contributed by atoms with E-state index in [1.165, 1.54) is 4.90 Å². The van der Waals surface area contributed by atoms with E-state index in [0.29, 0.717) is 34.9 Å². The molecule has 37 heavy (non-hydrogen) atoms. The highest BCUT2D eigenvalue weighted by molar-refractivity contribution is 6.51. The number of methoxy groups -OCH3 is 1. The lowest BCUT2D eigenvalue weighted by molar-refractivity contribution is -0.132. The summed E-state index contributed by atoms with van der Waals surface area (Å²) in [4.78, 5) is 30.4. The van der Waals surface area contributed by atoms with E-state index in [1.807, 2.05) is 88.3 Å². The average Bonchev–Trinajstić information content (AvgIpc) is 3.15. The standard InChI is InChI=1S/C30H32N2O5/c1-7-37-23-10-8-9-20(17-23)27-26(28(33)24-15-19(3)25(36-6)16-18(24)2)29(34)30(35)32(27)22-13-11-21(12-14-22)31(4)5/h8-17,27,33H,7H2,1-6H3/b28-26+. The van der Waals surface area contributed by atoms with E-state index in [-0.39, 0.29) is 11.3 Å². The highest BCUT2D eigenvalue weighted by atomic mass is 16.5. The van der Waals surface area contributed by atoms with E-state index in [2.05, 4.69) is 0 Å². The number of aliphatic hydroxyl groups excluding tert-OH is 1.